The summed E-state index contributed by atoms with van der Waals surface area (Å²) in [5.41, 5.74) is 3.33. The van der Waals surface area contributed by atoms with Gasteiger partial charge in [0.15, 0.2) is 0 Å². The number of carbonyl (C=O) groups is 2. The Bertz CT molecular complexity index is 1010. The van der Waals surface area contributed by atoms with Crippen LogP contribution in [0.4, 0.5) is 0 Å². The van der Waals surface area contributed by atoms with Crippen molar-refractivity contribution in [3.05, 3.63) is 83.3 Å². The minimum atomic E-state index is -0.222. The molecule has 2 heterocycles. The van der Waals surface area contributed by atoms with Crippen LogP contribution in [0.2, 0.25) is 0 Å². The fraction of sp³-hybridized carbons (Fsp3) is 0.182. The average molecular weight is 407 g/mol. The first-order valence-corrected chi connectivity index (χ1v) is 10.0. The van der Waals surface area contributed by atoms with Gasteiger partial charge in [0.1, 0.15) is 5.03 Å². The van der Waals surface area contributed by atoms with Gasteiger partial charge in [-0.15, -0.1) is 0 Å². The van der Waals surface area contributed by atoms with Crippen molar-refractivity contribution in [3.8, 4) is 0 Å². The zero-order valence-electron chi connectivity index (χ0n) is 16.3. The summed E-state index contributed by atoms with van der Waals surface area (Å²) in [4.78, 5) is 34.0. The van der Waals surface area contributed by atoms with Gasteiger partial charge < -0.3 is 10.6 Å². The molecule has 29 heavy (non-hydrogen) atoms. The number of nitrogens with one attached hydrogen (secondary N) is 2. The summed E-state index contributed by atoms with van der Waals surface area (Å²) in [5.74, 6) is -0.444. The summed E-state index contributed by atoms with van der Waals surface area (Å²) in [6.45, 7) is 4.73. The van der Waals surface area contributed by atoms with Crippen LogP contribution in [-0.4, -0.2) is 34.9 Å². The predicted octanol–water partition coefficient (Wildman–Crippen LogP) is 3.40. The third-order valence-electron chi connectivity index (χ3n) is 4.17. The zero-order valence-corrected chi connectivity index (χ0v) is 17.1. The van der Waals surface area contributed by atoms with Crippen LogP contribution >= 0.6 is 11.8 Å². The third kappa shape index (κ3) is 5.65. The lowest BCUT2D eigenvalue weighted by Gasteiger charge is -2.11. The van der Waals surface area contributed by atoms with Gasteiger partial charge in [0, 0.05) is 36.6 Å². The van der Waals surface area contributed by atoms with Crippen molar-refractivity contribution in [1.82, 2.24) is 20.6 Å². The molecule has 0 saturated heterocycles. The second kappa shape index (κ2) is 9.84. The van der Waals surface area contributed by atoms with E-state index in [-0.39, 0.29) is 11.8 Å². The van der Waals surface area contributed by atoms with Gasteiger partial charge in [0.25, 0.3) is 11.8 Å². The highest BCUT2D eigenvalue weighted by atomic mass is 32.2. The molecule has 2 aromatic heterocycles. The van der Waals surface area contributed by atoms with Crippen LogP contribution in [0.5, 0.6) is 0 Å². The molecule has 7 heteroatoms. The van der Waals surface area contributed by atoms with Gasteiger partial charge in [-0.1, -0.05) is 29.5 Å². The second-order valence-corrected chi connectivity index (χ2v) is 7.51. The minimum absolute atomic E-state index is 0.221. The van der Waals surface area contributed by atoms with E-state index in [1.54, 1.807) is 36.7 Å². The van der Waals surface area contributed by atoms with Gasteiger partial charge in [-0.2, -0.15) is 0 Å². The van der Waals surface area contributed by atoms with Gasteiger partial charge in [-0.25, -0.2) is 4.98 Å². The molecule has 0 saturated carbocycles. The molecular formula is C22H22N4O2S. The number of hydrogen-bond acceptors (Lipinski definition) is 5. The number of aryl methyl sites for hydroxylation is 2. The quantitative estimate of drug-likeness (QED) is 0.588. The van der Waals surface area contributed by atoms with Crippen LogP contribution < -0.4 is 10.6 Å². The Morgan fingerprint density at radius 2 is 1.72 bits per heavy atom. The van der Waals surface area contributed by atoms with Gasteiger partial charge >= 0.3 is 0 Å². The number of aromatic nitrogens is 2. The third-order valence-corrected chi connectivity index (χ3v) is 5.37. The molecule has 148 valence electrons. The summed E-state index contributed by atoms with van der Waals surface area (Å²) in [6, 6.07) is 13.1. The lowest BCUT2D eigenvalue weighted by Crippen LogP contribution is -2.35. The molecule has 0 unspecified atom stereocenters. The van der Waals surface area contributed by atoms with Crippen molar-refractivity contribution in [2.45, 2.75) is 23.8 Å². The van der Waals surface area contributed by atoms with Crippen molar-refractivity contribution in [3.63, 3.8) is 0 Å². The first-order valence-electron chi connectivity index (χ1n) is 9.21. The van der Waals surface area contributed by atoms with Crippen LogP contribution in [0.1, 0.15) is 31.8 Å². The first kappa shape index (κ1) is 20.5. The molecule has 0 atom stereocenters. The fourth-order valence-corrected chi connectivity index (χ4v) is 3.66. The highest BCUT2D eigenvalue weighted by Gasteiger charge is 2.14. The minimum Gasteiger partial charge on any atom is -0.350 e. The molecule has 1 aromatic carbocycles. The Morgan fingerprint density at radius 1 is 0.966 bits per heavy atom. The maximum Gasteiger partial charge on any atom is 0.254 e. The standard InChI is InChI=1S/C22H22N4O2S/c1-15-7-8-19(16(2)13-15)29-22-18(6-4-10-26-22)21(28)25-12-11-24-20(27)17-5-3-9-23-14-17/h3-10,13-14H,11-12H2,1-2H3,(H,24,27)(H,25,28). The van der Waals surface area contributed by atoms with Crippen molar-refractivity contribution >= 4 is 23.6 Å². The molecule has 0 bridgehead atoms. The van der Waals surface area contributed by atoms with Crippen LogP contribution in [0.25, 0.3) is 0 Å². The van der Waals surface area contributed by atoms with Crippen LogP contribution in [0.3, 0.4) is 0 Å². The van der Waals surface area contributed by atoms with E-state index >= 15 is 0 Å². The molecule has 0 aliphatic heterocycles. The van der Waals surface area contributed by atoms with E-state index in [2.05, 4.69) is 26.7 Å². The molecule has 2 N–H and O–H groups in total. The molecule has 0 aliphatic rings. The molecule has 0 radical (unpaired) electrons. The second-order valence-electron chi connectivity index (χ2n) is 6.48. The lowest BCUT2D eigenvalue weighted by atomic mass is 10.2. The van der Waals surface area contributed by atoms with E-state index in [4.69, 9.17) is 0 Å². The molecule has 0 fully saturated rings. The molecule has 0 spiro atoms. The molecule has 0 aliphatic carbocycles. The Balaban J connectivity index is 1.58. The van der Waals surface area contributed by atoms with E-state index in [9.17, 15) is 9.59 Å². The lowest BCUT2D eigenvalue weighted by molar-refractivity contribution is 0.0925. The summed E-state index contributed by atoms with van der Waals surface area (Å²) in [5, 5.41) is 6.24. The first-order chi connectivity index (χ1) is 14.0. The van der Waals surface area contributed by atoms with Crippen molar-refractivity contribution in [2.75, 3.05) is 13.1 Å². The van der Waals surface area contributed by atoms with Crippen molar-refractivity contribution in [2.24, 2.45) is 0 Å². The SMILES string of the molecule is Cc1ccc(Sc2ncccc2C(=O)NCCNC(=O)c2cccnc2)c(C)c1. The van der Waals surface area contributed by atoms with Crippen molar-refractivity contribution in [1.29, 1.82) is 0 Å². The van der Waals surface area contributed by atoms with Gasteiger partial charge in [-0.05, 0) is 49.7 Å². The number of pyridine rings is 2. The summed E-state index contributed by atoms with van der Waals surface area (Å²) >= 11 is 1.47. The summed E-state index contributed by atoms with van der Waals surface area (Å²) < 4.78 is 0. The van der Waals surface area contributed by atoms with Gasteiger partial charge in [0.05, 0.1) is 11.1 Å². The summed E-state index contributed by atoms with van der Waals surface area (Å²) in [6.07, 6.45) is 4.79. The predicted molar refractivity (Wildman–Crippen MR) is 113 cm³/mol. The fourth-order valence-electron chi connectivity index (χ4n) is 2.71. The van der Waals surface area contributed by atoms with Crippen LogP contribution in [-0.2, 0) is 0 Å². The Labute approximate surface area is 174 Å². The largest absolute Gasteiger partial charge is 0.350 e. The average Bonchev–Trinajstić information content (AvgIpc) is 2.74. The highest BCUT2D eigenvalue weighted by Crippen LogP contribution is 2.31. The number of benzene rings is 1. The van der Waals surface area contributed by atoms with Crippen molar-refractivity contribution < 1.29 is 9.59 Å². The van der Waals surface area contributed by atoms with E-state index in [0.717, 1.165) is 10.5 Å². The topological polar surface area (TPSA) is 84.0 Å². The molecule has 6 nitrogen and oxygen atoms in total. The summed E-state index contributed by atoms with van der Waals surface area (Å²) in [7, 11) is 0. The van der Waals surface area contributed by atoms with E-state index in [0.29, 0.717) is 29.2 Å². The zero-order chi connectivity index (χ0) is 20.6. The maximum absolute atomic E-state index is 12.6. The van der Waals surface area contributed by atoms with Crippen LogP contribution in [0, 0.1) is 13.8 Å². The number of amides is 2. The normalized spacial score (nSPS) is 10.4. The molecule has 3 aromatic rings. The Morgan fingerprint density at radius 3 is 2.45 bits per heavy atom. The number of rotatable bonds is 7. The van der Waals surface area contributed by atoms with E-state index < -0.39 is 0 Å². The monoisotopic (exact) mass is 406 g/mol. The Hall–Kier alpha value is -3.19. The van der Waals surface area contributed by atoms with E-state index in [1.807, 2.05) is 26.0 Å². The maximum atomic E-state index is 12.6. The number of hydrogen-bond donors (Lipinski definition) is 2. The van der Waals surface area contributed by atoms with Crippen LogP contribution in [0.15, 0.2) is 71.0 Å². The van der Waals surface area contributed by atoms with Gasteiger partial charge in [0.2, 0.25) is 0 Å². The number of carbonyl (C=O) groups excluding carboxylic acids is 2. The molecular weight excluding hydrogens is 384 g/mol. The van der Waals surface area contributed by atoms with E-state index in [1.165, 1.54) is 23.5 Å². The molecule has 2 amide bonds. The highest BCUT2D eigenvalue weighted by molar-refractivity contribution is 7.99. The van der Waals surface area contributed by atoms with Gasteiger partial charge in [-0.3, -0.25) is 14.6 Å². The smallest absolute Gasteiger partial charge is 0.254 e. The molecule has 3 rings (SSSR count). The Kier molecular flexibility index (Phi) is 6.97. The number of nitrogens with zero attached hydrogens (tertiary/aromatic N) is 2.